The Kier molecular flexibility index (Phi) is 6.24. The van der Waals surface area contributed by atoms with Gasteiger partial charge in [-0.2, -0.15) is 5.10 Å². The van der Waals surface area contributed by atoms with E-state index in [9.17, 15) is 4.79 Å². The first kappa shape index (κ1) is 18.8. The zero-order valence-electron chi connectivity index (χ0n) is 15.1. The number of aromatic nitrogens is 3. The lowest BCUT2D eigenvalue weighted by Crippen LogP contribution is -2.44. The van der Waals surface area contributed by atoms with Crippen LogP contribution in [0.5, 0.6) is 0 Å². The topological polar surface area (TPSA) is 72.3 Å². The van der Waals surface area contributed by atoms with Crippen molar-refractivity contribution in [1.29, 1.82) is 0 Å². The molecule has 0 aromatic carbocycles. The largest absolute Gasteiger partial charge is 0.379 e. The van der Waals surface area contributed by atoms with E-state index in [2.05, 4.69) is 20.3 Å². The lowest BCUT2D eigenvalue weighted by Gasteiger charge is -2.34. The van der Waals surface area contributed by atoms with Gasteiger partial charge in [-0.3, -0.25) is 19.4 Å². The molecule has 0 aliphatic carbocycles. The highest BCUT2D eigenvalue weighted by Crippen LogP contribution is 2.21. The Morgan fingerprint density at radius 3 is 2.77 bits per heavy atom. The van der Waals surface area contributed by atoms with Crippen molar-refractivity contribution in [2.45, 2.75) is 26.4 Å². The zero-order valence-corrected chi connectivity index (χ0v) is 15.9. The van der Waals surface area contributed by atoms with Crippen molar-refractivity contribution in [1.82, 2.24) is 25.0 Å². The number of hydrogen-bond donors (Lipinski definition) is 1. The molecule has 1 amide bonds. The maximum absolute atomic E-state index is 12.4. The van der Waals surface area contributed by atoms with Crippen LogP contribution in [0.2, 0.25) is 5.02 Å². The summed E-state index contributed by atoms with van der Waals surface area (Å²) in [5, 5.41) is 7.95. The van der Waals surface area contributed by atoms with Crippen molar-refractivity contribution >= 4 is 17.5 Å². The number of halogens is 1. The van der Waals surface area contributed by atoms with Crippen LogP contribution >= 0.6 is 11.6 Å². The van der Waals surface area contributed by atoms with Crippen LogP contribution in [0.4, 0.5) is 0 Å². The van der Waals surface area contributed by atoms with Crippen LogP contribution in [0.25, 0.3) is 0 Å². The molecule has 2 aromatic heterocycles. The molecule has 0 bridgehead atoms. The third-order valence-corrected chi connectivity index (χ3v) is 5.18. The summed E-state index contributed by atoms with van der Waals surface area (Å²) in [6.45, 7) is 7.44. The van der Waals surface area contributed by atoms with Crippen molar-refractivity contribution in [2.75, 3.05) is 32.8 Å². The van der Waals surface area contributed by atoms with Gasteiger partial charge in [-0.1, -0.05) is 17.7 Å². The fourth-order valence-electron chi connectivity index (χ4n) is 3.15. The van der Waals surface area contributed by atoms with Crippen molar-refractivity contribution in [3.05, 3.63) is 46.5 Å². The second-order valence-corrected chi connectivity index (χ2v) is 6.77. The van der Waals surface area contributed by atoms with E-state index in [0.717, 1.165) is 30.0 Å². The summed E-state index contributed by atoms with van der Waals surface area (Å²) >= 11 is 6.15. The first-order valence-electron chi connectivity index (χ1n) is 8.74. The molecule has 0 spiro atoms. The minimum absolute atomic E-state index is 0.0700. The maximum atomic E-state index is 12.4. The Morgan fingerprint density at radius 1 is 1.38 bits per heavy atom. The predicted molar refractivity (Wildman–Crippen MR) is 99.1 cm³/mol. The molecular formula is C18H24ClN5O2. The highest BCUT2D eigenvalue weighted by atomic mass is 35.5. The summed E-state index contributed by atoms with van der Waals surface area (Å²) in [5.74, 6) is -0.0885. The first-order chi connectivity index (χ1) is 12.6. The van der Waals surface area contributed by atoms with Gasteiger partial charge in [0.05, 0.1) is 35.7 Å². The predicted octanol–water partition coefficient (Wildman–Crippen LogP) is 1.74. The molecule has 140 valence electrons. The number of hydrogen-bond acceptors (Lipinski definition) is 5. The Hall–Kier alpha value is -1.96. The molecule has 1 saturated heterocycles. The van der Waals surface area contributed by atoms with Crippen LogP contribution in [0, 0.1) is 13.8 Å². The van der Waals surface area contributed by atoms with Crippen molar-refractivity contribution in [2.24, 2.45) is 0 Å². The summed E-state index contributed by atoms with van der Waals surface area (Å²) in [6.07, 6.45) is 3.61. The third-order valence-electron chi connectivity index (χ3n) is 4.63. The quantitative estimate of drug-likeness (QED) is 0.830. The third kappa shape index (κ3) is 4.41. The number of aryl methyl sites for hydroxylation is 1. The number of morpholine rings is 1. The van der Waals surface area contributed by atoms with E-state index in [1.165, 1.54) is 0 Å². The molecule has 1 aliphatic rings. The molecule has 26 heavy (non-hydrogen) atoms. The van der Waals surface area contributed by atoms with Gasteiger partial charge in [0, 0.05) is 32.0 Å². The summed E-state index contributed by atoms with van der Waals surface area (Å²) in [7, 11) is 0. The Morgan fingerprint density at radius 2 is 2.15 bits per heavy atom. The van der Waals surface area contributed by atoms with Gasteiger partial charge >= 0.3 is 0 Å². The van der Waals surface area contributed by atoms with E-state index >= 15 is 0 Å². The molecule has 3 heterocycles. The van der Waals surface area contributed by atoms with Crippen LogP contribution in [0.15, 0.2) is 24.5 Å². The van der Waals surface area contributed by atoms with E-state index < -0.39 is 0 Å². The van der Waals surface area contributed by atoms with Crippen LogP contribution in [-0.2, 0) is 16.1 Å². The Bertz CT molecular complexity index is 744. The van der Waals surface area contributed by atoms with Crippen LogP contribution in [-0.4, -0.2) is 58.4 Å². The number of carbonyl (C=O) groups is 1. The number of carbonyl (C=O) groups excluding carboxylic acids is 1. The van der Waals surface area contributed by atoms with Gasteiger partial charge in [0.2, 0.25) is 5.91 Å². The number of amides is 1. The fourth-order valence-corrected chi connectivity index (χ4v) is 3.29. The molecule has 2 aromatic rings. The lowest BCUT2D eigenvalue weighted by atomic mass is 10.1. The van der Waals surface area contributed by atoms with Gasteiger partial charge in [0.1, 0.15) is 6.54 Å². The van der Waals surface area contributed by atoms with E-state index in [1.54, 1.807) is 10.9 Å². The fraction of sp³-hybridized carbons (Fsp3) is 0.500. The summed E-state index contributed by atoms with van der Waals surface area (Å²) in [5.41, 5.74) is 2.62. The number of nitrogens with zero attached hydrogens (tertiary/aromatic N) is 4. The molecule has 1 atom stereocenters. The van der Waals surface area contributed by atoms with Gasteiger partial charge in [-0.25, -0.2) is 0 Å². The average molecular weight is 378 g/mol. The molecule has 8 heteroatoms. The lowest BCUT2D eigenvalue weighted by molar-refractivity contribution is -0.122. The molecule has 0 unspecified atom stereocenters. The van der Waals surface area contributed by atoms with Gasteiger partial charge in [0.25, 0.3) is 0 Å². The molecule has 3 rings (SSSR count). The standard InChI is InChI=1S/C18H24ClN5O2/c1-13-18(19)14(2)24(22-13)12-17(25)21-11-16(15-4-3-5-20-10-15)23-6-8-26-9-7-23/h3-5,10,16H,6-9,11-12H2,1-2H3,(H,21,25)/t16-/m1/s1. The smallest absolute Gasteiger partial charge is 0.241 e. The molecular weight excluding hydrogens is 354 g/mol. The minimum atomic E-state index is -0.0885. The van der Waals surface area contributed by atoms with Crippen LogP contribution < -0.4 is 5.32 Å². The van der Waals surface area contributed by atoms with Gasteiger partial charge in [0.15, 0.2) is 0 Å². The number of nitrogens with one attached hydrogen (secondary N) is 1. The Balaban J connectivity index is 1.65. The number of rotatable bonds is 6. The summed E-state index contributed by atoms with van der Waals surface area (Å²) in [4.78, 5) is 19.0. The van der Waals surface area contributed by atoms with Crippen molar-refractivity contribution in [3.63, 3.8) is 0 Å². The highest BCUT2D eigenvalue weighted by Gasteiger charge is 2.23. The zero-order chi connectivity index (χ0) is 18.5. The second-order valence-electron chi connectivity index (χ2n) is 6.40. The van der Waals surface area contributed by atoms with Crippen molar-refractivity contribution in [3.8, 4) is 0 Å². The van der Waals surface area contributed by atoms with Crippen LogP contribution in [0.1, 0.15) is 23.0 Å². The summed E-state index contributed by atoms with van der Waals surface area (Å²) in [6, 6.07) is 4.03. The molecule has 1 N–H and O–H groups in total. The van der Waals surface area contributed by atoms with E-state index in [-0.39, 0.29) is 18.5 Å². The number of ether oxygens (including phenoxy) is 1. The maximum Gasteiger partial charge on any atom is 0.241 e. The Labute approximate surface area is 158 Å². The molecule has 1 aliphatic heterocycles. The van der Waals surface area contributed by atoms with Gasteiger partial charge < -0.3 is 10.1 Å². The summed E-state index contributed by atoms with van der Waals surface area (Å²) < 4.78 is 7.09. The van der Waals surface area contributed by atoms with E-state index in [4.69, 9.17) is 16.3 Å². The van der Waals surface area contributed by atoms with Crippen LogP contribution in [0.3, 0.4) is 0 Å². The average Bonchev–Trinajstić information content (AvgIpc) is 2.90. The number of pyridine rings is 1. The first-order valence-corrected chi connectivity index (χ1v) is 9.12. The molecule has 7 nitrogen and oxygen atoms in total. The normalized spacial score (nSPS) is 16.4. The SMILES string of the molecule is Cc1nn(CC(=O)NC[C@H](c2cccnc2)N2CCOCC2)c(C)c1Cl. The van der Waals surface area contributed by atoms with E-state index in [0.29, 0.717) is 24.8 Å². The van der Waals surface area contributed by atoms with E-state index in [1.807, 2.05) is 32.2 Å². The minimum Gasteiger partial charge on any atom is -0.379 e. The second kappa shape index (κ2) is 8.62. The monoisotopic (exact) mass is 377 g/mol. The van der Waals surface area contributed by atoms with Gasteiger partial charge in [-0.05, 0) is 25.5 Å². The van der Waals surface area contributed by atoms with Crippen molar-refractivity contribution < 1.29 is 9.53 Å². The van der Waals surface area contributed by atoms with Gasteiger partial charge in [-0.15, -0.1) is 0 Å². The molecule has 0 saturated carbocycles. The molecule has 1 fully saturated rings. The molecule has 0 radical (unpaired) electrons. The highest BCUT2D eigenvalue weighted by molar-refractivity contribution is 6.31.